The predicted molar refractivity (Wildman–Crippen MR) is 131 cm³/mol. The number of thioether (sulfide) groups is 1. The van der Waals surface area contributed by atoms with Gasteiger partial charge < -0.3 is 13.7 Å². The van der Waals surface area contributed by atoms with Crippen LogP contribution in [0.3, 0.4) is 0 Å². The maximum absolute atomic E-state index is 13.2. The van der Waals surface area contributed by atoms with Gasteiger partial charge in [0.1, 0.15) is 0 Å². The van der Waals surface area contributed by atoms with Crippen molar-refractivity contribution in [1.82, 2.24) is 19.3 Å². The molecule has 0 N–H and O–H groups in total. The lowest BCUT2D eigenvalue weighted by atomic mass is 10.2. The fourth-order valence-corrected chi connectivity index (χ4v) is 5.28. The average Bonchev–Trinajstić information content (AvgIpc) is 3.64. The Morgan fingerprint density at radius 1 is 1.12 bits per heavy atom. The number of ketones is 1. The van der Waals surface area contributed by atoms with Crippen molar-refractivity contribution in [3.8, 4) is 11.6 Å². The van der Waals surface area contributed by atoms with E-state index in [1.54, 1.807) is 6.26 Å². The molecule has 0 bridgehead atoms. The minimum absolute atomic E-state index is 0.0884. The Labute approximate surface area is 203 Å². The van der Waals surface area contributed by atoms with E-state index in [0.29, 0.717) is 23.3 Å². The average molecular weight is 477 g/mol. The van der Waals surface area contributed by atoms with Crippen molar-refractivity contribution in [2.24, 2.45) is 0 Å². The van der Waals surface area contributed by atoms with Crippen LogP contribution in [0, 0.1) is 13.8 Å². The Morgan fingerprint density at radius 2 is 1.97 bits per heavy atom. The monoisotopic (exact) mass is 476 g/mol. The summed E-state index contributed by atoms with van der Waals surface area (Å²) in [7, 11) is 0. The summed E-state index contributed by atoms with van der Waals surface area (Å²) in [6.07, 6.45) is 4.04. The van der Waals surface area contributed by atoms with Crippen LogP contribution >= 0.6 is 11.8 Å². The third-order valence-corrected chi connectivity index (χ3v) is 7.23. The Balaban J connectivity index is 1.34. The molecule has 1 atom stereocenters. The van der Waals surface area contributed by atoms with Crippen LogP contribution in [0.5, 0.6) is 0 Å². The molecule has 0 spiro atoms. The highest BCUT2D eigenvalue weighted by Crippen LogP contribution is 2.27. The van der Waals surface area contributed by atoms with Crippen LogP contribution in [0.25, 0.3) is 11.6 Å². The zero-order chi connectivity index (χ0) is 23.5. The zero-order valence-electron chi connectivity index (χ0n) is 19.4. The second-order valence-corrected chi connectivity index (χ2v) is 9.54. The molecule has 5 rings (SSSR count). The molecule has 0 aliphatic carbocycles. The van der Waals surface area contributed by atoms with E-state index in [-0.39, 0.29) is 17.6 Å². The number of furan rings is 1. The quantitative estimate of drug-likeness (QED) is 0.245. The van der Waals surface area contributed by atoms with Crippen LogP contribution in [0.4, 0.5) is 0 Å². The summed E-state index contributed by atoms with van der Waals surface area (Å²) in [5, 5.41) is 9.45. The zero-order valence-corrected chi connectivity index (χ0v) is 20.3. The molecule has 1 aromatic carbocycles. The summed E-state index contributed by atoms with van der Waals surface area (Å²) in [4.78, 5) is 13.2. The molecular weight excluding hydrogens is 448 g/mol. The number of aryl methyl sites for hydroxylation is 1. The van der Waals surface area contributed by atoms with Gasteiger partial charge in [0, 0.05) is 30.1 Å². The van der Waals surface area contributed by atoms with E-state index in [4.69, 9.17) is 9.15 Å². The molecule has 7 nitrogen and oxygen atoms in total. The van der Waals surface area contributed by atoms with Gasteiger partial charge in [-0.25, -0.2) is 0 Å². The smallest absolute Gasteiger partial charge is 0.200 e. The first kappa shape index (κ1) is 22.7. The third kappa shape index (κ3) is 4.74. The van der Waals surface area contributed by atoms with Crippen LogP contribution in [-0.2, 0) is 17.8 Å². The highest BCUT2D eigenvalue weighted by molar-refractivity contribution is 7.99. The van der Waals surface area contributed by atoms with Gasteiger partial charge >= 0.3 is 0 Å². The van der Waals surface area contributed by atoms with Crippen molar-refractivity contribution in [3.63, 3.8) is 0 Å². The molecule has 34 heavy (non-hydrogen) atoms. The van der Waals surface area contributed by atoms with Crippen molar-refractivity contribution >= 4 is 17.5 Å². The number of nitrogens with zero attached hydrogens (tertiary/aromatic N) is 4. The van der Waals surface area contributed by atoms with Gasteiger partial charge in [-0.15, -0.1) is 10.2 Å². The van der Waals surface area contributed by atoms with E-state index in [1.807, 2.05) is 47.9 Å². The van der Waals surface area contributed by atoms with E-state index in [2.05, 4.69) is 33.8 Å². The minimum atomic E-state index is 0.0884. The molecule has 0 radical (unpaired) electrons. The Kier molecular flexibility index (Phi) is 6.69. The summed E-state index contributed by atoms with van der Waals surface area (Å²) in [6, 6.07) is 15.8. The third-order valence-electron chi connectivity index (χ3n) is 6.26. The second kappa shape index (κ2) is 10.0. The molecule has 1 fully saturated rings. The minimum Gasteiger partial charge on any atom is -0.461 e. The number of benzene rings is 1. The second-order valence-electron chi connectivity index (χ2n) is 8.60. The molecule has 8 heteroatoms. The number of ether oxygens (including phenoxy) is 1. The lowest BCUT2D eigenvalue weighted by Gasteiger charge is -2.14. The summed E-state index contributed by atoms with van der Waals surface area (Å²) < 4.78 is 15.6. The standard InChI is InChI=1S/C26H28N4O3S/c1-18-14-22(19(2)29(18)16-21-10-6-12-32-21)23(31)17-34-26-28-27-25(24-11-7-13-33-24)30(26)15-20-8-4-3-5-9-20/h3-5,7-9,11,13-14,21H,6,10,12,15-17H2,1-2H3/t21-/m0/s1. The van der Waals surface area contributed by atoms with Crippen molar-refractivity contribution in [3.05, 3.63) is 77.3 Å². The fraction of sp³-hybridized carbons (Fsp3) is 0.346. The van der Waals surface area contributed by atoms with Crippen LogP contribution < -0.4 is 0 Å². The van der Waals surface area contributed by atoms with E-state index >= 15 is 0 Å². The highest BCUT2D eigenvalue weighted by atomic mass is 32.2. The van der Waals surface area contributed by atoms with Crippen molar-refractivity contribution in [2.75, 3.05) is 12.4 Å². The van der Waals surface area contributed by atoms with Gasteiger partial charge in [0.15, 0.2) is 16.7 Å². The lowest BCUT2D eigenvalue weighted by molar-refractivity contribution is 0.0957. The van der Waals surface area contributed by atoms with Crippen LogP contribution in [0.2, 0.25) is 0 Å². The predicted octanol–water partition coefficient (Wildman–Crippen LogP) is 5.16. The van der Waals surface area contributed by atoms with E-state index in [9.17, 15) is 4.79 Å². The molecule has 1 aliphatic rings. The van der Waals surface area contributed by atoms with E-state index in [0.717, 1.165) is 48.5 Å². The normalized spacial score (nSPS) is 15.8. The first-order chi connectivity index (χ1) is 16.6. The number of aromatic nitrogens is 4. The van der Waals surface area contributed by atoms with Gasteiger partial charge in [0.2, 0.25) is 5.82 Å². The van der Waals surface area contributed by atoms with Gasteiger partial charge in [-0.3, -0.25) is 9.36 Å². The van der Waals surface area contributed by atoms with Crippen molar-refractivity contribution in [1.29, 1.82) is 0 Å². The van der Waals surface area contributed by atoms with Gasteiger partial charge in [-0.05, 0) is 50.5 Å². The number of rotatable bonds is 9. The number of carbonyl (C=O) groups excluding carboxylic acids is 1. The molecule has 0 saturated carbocycles. The summed E-state index contributed by atoms with van der Waals surface area (Å²) in [6.45, 7) is 6.30. The SMILES string of the molecule is Cc1cc(C(=O)CSc2nnc(-c3ccco3)n2Cc2ccccc2)c(C)n1C[C@@H]1CCCO1. The topological polar surface area (TPSA) is 75.1 Å². The van der Waals surface area contributed by atoms with Gasteiger partial charge in [-0.1, -0.05) is 42.1 Å². The number of hydrogen-bond donors (Lipinski definition) is 0. The van der Waals surface area contributed by atoms with Gasteiger partial charge in [-0.2, -0.15) is 0 Å². The molecule has 0 amide bonds. The molecule has 1 saturated heterocycles. The van der Waals surface area contributed by atoms with Gasteiger partial charge in [0.05, 0.1) is 24.7 Å². The van der Waals surface area contributed by atoms with Crippen molar-refractivity contribution in [2.45, 2.75) is 51.0 Å². The molecule has 4 aromatic rings. The molecule has 3 aromatic heterocycles. The Hall–Kier alpha value is -3.10. The maximum atomic E-state index is 13.2. The lowest BCUT2D eigenvalue weighted by Crippen LogP contribution is -2.17. The maximum Gasteiger partial charge on any atom is 0.200 e. The first-order valence-corrected chi connectivity index (χ1v) is 12.5. The Morgan fingerprint density at radius 3 is 2.71 bits per heavy atom. The van der Waals surface area contributed by atoms with Crippen LogP contribution in [-0.4, -0.2) is 43.6 Å². The summed E-state index contributed by atoms with van der Waals surface area (Å²) >= 11 is 1.41. The molecule has 4 heterocycles. The summed E-state index contributed by atoms with van der Waals surface area (Å²) in [5.41, 5.74) is 3.98. The molecular formula is C26H28N4O3S. The van der Waals surface area contributed by atoms with E-state index in [1.165, 1.54) is 11.8 Å². The fourth-order valence-electron chi connectivity index (χ4n) is 4.46. The Bertz CT molecular complexity index is 1250. The molecule has 176 valence electrons. The van der Waals surface area contributed by atoms with Crippen LogP contribution in [0.1, 0.15) is 40.2 Å². The first-order valence-electron chi connectivity index (χ1n) is 11.6. The van der Waals surface area contributed by atoms with Crippen LogP contribution in [0.15, 0.2) is 64.4 Å². The van der Waals surface area contributed by atoms with E-state index < -0.39 is 0 Å². The number of Topliss-reactive ketones (excluding diaryl/α,β-unsaturated/α-hetero) is 1. The number of hydrogen-bond acceptors (Lipinski definition) is 6. The molecule has 1 aliphatic heterocycles. The molecule has 0 unspecified atom stereocenters. The number of carbonyl (C=O) groups is 1. The highest BCUT2D eigenvalue weighted by Gasteiger charge is 2.22. The van der Waals surface area contributed by atoms with Gasteiger partial charge in [0.25, 0.3) is 0 Å². The van der Waals surface area contributed by atoms with Crippen molar-refractivity contribution < 1.29 is 13.9 Å². The largest absolute Gasteiger partial charge is 0.461 e. The summed E-state index contributed by atoms with van der Waals surface area (Å²) in [5.74, 6) is 1.68.